The van der Waals surface area contributed by atoms with Gasteiger partial charge in [-0.15, -0.1) is 0 Å². The number of aromatic amines is 2. The first-order valence-corrected chi connectivity index (χ1v) is 12.2. The Labute approximate surface area is 194 Å². The summed E-state index contributed by atoms with van der Waals surface area (Å²) in [5.41, 5.74) is 2.05. The molecule has 174 valence electrons. The van der Waals surface area contributed by atoms with Gasteiger partial charge in [0, 0.05) is 23.8 Å². The van der Waals surface area contributed by atoms with E-state index >= 15 is 0 Å². The predicted octanol–water partition coefficient (Wildman–Crippen LogP) is 3.60. The number of hydrogen-bond donors (Lipinski definition) is 3. The van der Waals surface area contributed by atoms with Gasteiger partial charge in [0.2, 0.25) is 0 Å². The molecule has 1 saturated carbocycles. The summed E-state index contributed by atoms with van der Waals surface area (Å²) in [5, 5.41) is 0. The van der Waals surface area contributed by atoms with Gasteiger partial charge in [-0.25, -0.2) is 17.6 Å². The quantitative estimate of drug-likeness (QED) is 0.375. The first-order valence-electron chi connectivity index (χ1n) is 10.7. The number of anilines is 1. The second kappa shape index (κ2) is 8.45. The lowest BCUT2D eigenvalue weighted by Gasteiger charge is -2.23. The minimum absolute atomic E-state index is 0.00499. The van der Waals surface area contributed by atoms with Gasteiger partial charge >= 0.3 is 5.69 Å². The van der Waals surface area contributed by atoms with Crippen LogP contribution in [-0.4, -0.2) is 35.2 Å². The van der Waals surface area contributed by atoms with E-state index in [-0.39, 0.29) is 22.7 Å². The molecule has 3 N–H and O–H groups in total. The lowest BCUT2D eigenvalue weighted by Crippen LogP contribution is -2.32. The third kappa shape index (κ3) is 4.58. The van der Waals surface area contributed by atoms with Crippen molar-refractivity contribution in [2.24, 2.45) is 0 Å². The molecule has 0 saturated heterocycles. The average molecular weight is 481 g/mol. The molecule has 8 nitrogen and oxygen atoms in total. The lowest BCUT2D eigenvalue weighted by molar-refractivity contribution is 0.0730. The van der Waals surface area contributed by atoms with Gasteiger partial charge in [0.05, 0.1) is 15.9 Å². The number of halogens is 1. The minimum Gasteiger partial charge on any atom is -0.331 e. The van der Waals surface area contributed by atoms with Gasteiger partial charge in [-0.05, 0) is 73.0 Å². The fraction of sp³-hybridized carbons (Fsp3) is 0.167. The highest BCUT2D eigenvalue weighted by Crippen LogP contribution is 2.30. The summed E-state index contributed by atoms with van der Waals surface area (Å²) in [6, 6.07) is 16.7. The summed E-state index contributed by atoms with van der Waals surface area (Å²) < 4.78 is 41.3. The van der Waals surface area contributed by atoms with Crippen molar-refractivity contribution in [3.63, 3.8) is 0 Å². The van der Waals surface area contributed by atoms with E-state index in [4.69, 9.17) is 0 Å². The SMILES string of the molecule is O=C(c1ccc(NS(=O)(=O)c2ccc3[nH]c(=O)[nH]c3c2)cc1)N(Cc1ccc(F)cc1)C1CC1. The number of carbonyl (C=O) groups is 1. The number of rotatable bonds is 7. The van der Waals surface area contributed by atoms with Crippen molar-refractivity contribution in [2.75, 3.05) is 4.72 Å². The molecule has 1 aliphatic carbocycles. The summed E-state index contributed by atoms with van der Waals surface area (Å²) in [5.74, 6) is -0.490. The molecule has 1 amide bonds. The summed E-state index contributed by atoms with van der Waals surface area (Å²) >= 11 is 0. The molecule has 1 aliphatic rings. The first kappa shape index (κ1) is 21.9. The molecule has 4 aromatic rings. The Morgan fingerprint density at radius 3 is 2.32 bits per heavy atom. The normalized spacial score (nSPS) is 13.7. The largest absolute Gasteiger partial charge is 0.331 e. The molecule has 5 rings (SSSR count). The number of aromatic nitrogens is 2. The van der Waals surface area contributed by atoms with E-state index in [2.05, 4.69) is 14.7 Å². The zero-order chi connectivity index (χ0) is 23.9. The number of sulfonamides is 1. The van der Waals surface area contributed by atoms with Gasteiger partial charge in [-0.1, -0.05) is 12.1 Å². The van der Waals surface area contributed by atoms with Crippen molar-refractivity contribution in [3.8, 4) is 0 Å². The van der Waals surface area contributed by atoms with E-state index in [9.17, 15) is 22.4 Å². The Hall–Kier alpha value is -3.92. The third-order valence-electron chi connectivity index (χ3n) is 5.70. The number of H-pyrrole nitrogens is 2. The monoisotopic (exact) mass is 480 g/mol. The second-order valence-electron chi connectivity index (χ2n) is 8.26. The molecule has 1 aromatic heterocycles. The first-order chi connectivity index (χ1) is 16.3. The van der Waals surface area contributed by atoms with E-state index in [1.54, 1.807) is 29.2 Å². The molecule has 10 heteroatoms. The van der Waals surface area contributed by atoms with Crippen LogP contribution in [0.4, 0.5) is 10.1 Å². The number of fused-ring (bicyclic) bond motifs is 1. The van der Waals surface area contributed by atoms with Crippen LogP contribution in [0.3, 0.4) is 0 Å². The zero-order valence-electron chi connectivity index (χ0n) is 17.9. The molecular weight excluding hydrogens is 459 g/mol. The zero-order valence-corrected chi connectivity index (χ0v) is 18.7. The molecule has 1 fully saturated rings. The maximum Gasteiger partial charge on any atom is 0.323 e. The van der Waals surface area contributed by atoms with Crippen LogP contribution in [0.15, 0.2) is 76.4 Å². The van der Waals surface area contributed by atoms with Crippen LogP contribution < -0.4 is 10.4 Å². The van der Waals surface area contributed by atoms with E-state index in [1.165, 1.54) is 42.5 Å². The summed E-state index contributed by atoms with van der Waals surface area (Å²) in [6.07, 6.45) is 1.84. The van der Waals surface area contributed by atoms with Crippen LogP contribution in [0.25, 0.3) is 11.0 Å². The highest BCUT2D eigenvalue weighted by atomic mass is 32.2. The molecule has 0 aliphatic heterocycles. The summed E-state index contributed by atoms with van der Waals surface area (Å²) in [6.45, 7) is 0.377. The van der Waals surface area contributed by atoms with Crippen LogP contribution in [0.1, 0.15) is 28.8 Å². The summed E-state index contributed by atoms with van der Waals surface area (Å²) in [4.78, 5) is 31.4. The molecule has 0 radical (unpaired) electrons. The molecule has 0 bridgehead atoms. The van der Waals surface area contributed by atoms with Gasteiger partial charge in [0.25, 0.3) is 15.9 Å². The Morgan fingerprint density at radius 1 is 0.971 bits per heavy atom. The molecule has 0 spiro atoms. The van der Waals surface area contributed by atoms with Crippen molar-refractivity contribution in [3.05, 3.63) is 94.2 Å². The van der Waals surface area contributed by atoms with Gasteiger partial charge in [-0.2, -0.15) is 0 Å². The van der Waals surface area contributed by atoms with Crippen molar-refractivity contribution >= 4 is 32.7 Å². The predicted molar refractivity (Wildman–Crippen MR) is 125 cm³/mol. The van der Waals surface area contributed by atoms with Crippen LogP contribution >= 0.6 is 0 Å². The molecule has 1 heterocycles. The van der Waals surface area contributed by atoms with Crippen LogP contribution in [-0.2, 0) is 16.6 Å². The number of imidazole rings is 1. The van der Waals surface area contributed by atoms with E-state index < -0.39 is 15.7 Å². The van der Waals surface area contributed by atoms with Crippen LogP contribution in [0, 0.1) is 5.82 Å². The molecule has 34 heavy (non-hydrogen) atoms. The van der Waals surface area contributed by atoms with E-state index in [1.807, 2.05) is 0 Å². The highest BCUT2D eigenvalue weighted by Gasteiger charge is 2.33. The van der Waals surface area contributed by atoms with E-state index in [0.29, 0.717) is 28.8 Å². The van der Waals surface area contributed by atoms with Crippen molar-refractivity contribution in [2.45, 2.75) is 30.3 Å². The van der Waals surface area contributed by atoms with Crippen molar-refractivity contribution in [1.82, 2.24) is 14.9 Å². The Morgan fingerprint density at radius 2 is 1.65 bits per heavy atom. The number of nitrogens with one attached hydrogen (secondary N) is 3. The molecule has 0 unspecified atom stereocenters. The van der Waals surface area contributed by atoms with Gasteiger partial charge in [0.1, 0.15) is 5.82 Å². The van der Waals surface area contributed by atoms with Crippen LogP contribution in [0.2, 0.25) is 0 Å². The maximum absolute atomic E-state index is 13.2. The lowest BCUT2D eigenvalue weighted by atomic mass is 10.1. The summed E-state index contributed by atoms with van der Waals surface area (Å²) in [7, 11) is -3.90. The topological polar surface area (TPSA) is 115 Å². The number of nitrogens with zero attached hydrogens (tertiary/aromatic N) is 1. The van der Waals surface area contributed by atoms with E-state index in [0.717, 1.165) is 18.4 Å². The Balaban J connectivity index is 1.32. The fourth-order valence-corrected chi connectivity index (χ4v) is 4.86. The van der Waals surface area contributed by atoms with Crippen LogP contribution in [0.5, 0.6) is 0 Å². The Bertz CT molecular complexity index is 1520. The molecule has 3 aromatic carbocycles. The minimum atomic E-state index is -3.90. The van der Waals surface area contributed by atoms with Crippen molar-refractivity contribution in [1.29, 1.82) is 0 Å². The number of hydrogen-bond acceptors (Lipinski definition) is 4. The van der Waals surface area contributed by atoms with Gasteiger partial charge in [0.15, 0.2) is 0 Å². The van der Waals surface area contributed by atoms with Gasteiger partial charge in [-0.3, -0.25) is 9.52 Å². The third-order valence-corrected chi connectivity index (χ3v) is 7.08. The van der Waals surface area contributed by atoms with Crippen molar-refractivity contribution < 1.29 is 17.6 Å². The van der Waals surface area contributed by atoms with Gasteiger partial charge < -0.3 is 14.9 Å². The average Bonchev–Trinajstić information content (AvgIpc) is 3.58. The standard InChI is InChI=1S/C24H21FN4O4S/c25-17-5-1-15(2-6-17)14-29(19-9-10-19)23(30)16-3-7-18(8-4-16)28-34(32,33)20-11-12-21-22(13-20)27-24(31)26-21/h1-8,11-13,19,28H,9-10,14H2,(H2,26,27,31). The maximum atomic E-state index is 13.2. The molecular formula is C24H21FN4O4S. The second-order valence-corrected chi connectivity index (χ2v) is 9.94. The fourth-order valence-electron chi connectivity index (χ4n) is 3.78. The smallest absolute Gasteiger partial charge is 0.323 e. The Kier molecular flexibility index (Phi) is 5.45. The molecule has 0 atom stereocenters. The number of benzene rings is 3. The highest BCUT2D eigenvalue weighted by molar-refractivity contribution is 7.92. The number of carbonyl (C=O) groups excluding carboxylic acids is 1. The number of amides is 1.